The molecule has 0 spiro atoms. The lowest BCUT2D eigenvalue weighted by molar-refractivity contribution is 0.0987. The fourth-order valence-corrected chi connectivity index (χ4v) is 3.85. The van der Waals surface area contributed by atoms with E-state index in [1.807, 2.05) is 10.9 Å². The third-order valence-electron chi connectivity index (χ3n) is 6.01. The molecule has 3 rings (SSSR count). The van der Waals surface area contributed by atoms with Gasteiger partial charge in [-0.15, -0.1) is 0 Å². The molecule has 9 heteroatoms. The van der Waals surface area contributed by atoms with Crippen LogP contribution in [-0.2, 0) is 19.4 Å². The van der Waals surface area contributed by atoms with Crippen LogP contribution in [0.5, 0.6) is 5.75 Å². The molecule has 188 valence electrons. The second kappa shape index (κ2) is 12.9. The van der Waals surface area contributed by atoms with Crippen molar-refractivity contribution in [2.24, 2.45) is 0 Å². The van der Waals surface area contributed by atoms with Gasteiger partial charge in [0.1, 0.15) is 0 Å². The van der Waals surface area contributed by atoms with E-state index < -0.39 is 5.82 Å². The number of hydrogen-bond acceptors (Lipinski definition) is 7. The molecular formula is C26H35FN6O2. The third-order valence-corrected chi connectivity index (χ3v) is 6.01. The fraction of sp³-hybridized carbons (Fsp3) is 0.462. The fourth-order valence-electron chi connectivity index (χ4n) is 3.85. The maximum Gasteiger partial charge on any atom is 0.227 e. The molecule has 0 saturated carbocycles. The summed E-state index contributed by atoms with van der Waals surface area (Å²) in [6.45, 7) is 10.2. The lowest BCUT2D eigenvalue weighted by Crippen LogP contribution is -2.24. The van der Waals surface area contributed by atoms with E-state index in [1.165, 1.54) is 13.2 Å². The Morgan fingerprint density at radius 3 is 2.51 bits per heavy atom. The quantitative estimate of drug-likeness (QED) is 0.334. The van der Waals surface area contributed by atoms with Gasteiger partial charge in [-0.2, -0.15) is 5.10 Å². The van der Waals surface area contributed by atoms with Crippen molar-refractivity contribution in [1.29, 1.82) is 0 Å². The van der Waals surface area contributed by atoms with Crippen LogP contribution in [-0.4, -0.2) is 57.2 Å². The molecule has 0 bridgehead atoms. The van der Waals surface area contributed by atoms with Crippen LogP contribution >= 0.6 is 0 Å². The van der Waals surface area contributed by atoms with Crippen LogP contribution in [0.15, 0.2) is 36.9 Å². The third kappa shape index (κ3) is 7.32. The first kappa shape index (κ1) is 26.3. The number of aromatic nitrogens is 4. The molecule has 35 heavy (non-hydrogen) atoms. The zero-order valence-electron chi connectivity index (χ0n) is 21.1. The predicted octanol–water partition coefficient (Wildman–Crippen LogP) is 4.67. The van der Waals surface area contributed by atoms with E-state index >= 15 is 0 Å². The Bertz CT molecular complexity index is 1100. The van der Waals surface area contributed by atoms with Gasteiger partial charge in [0.2, 0.25) is 5.95 Å². The first-order chi connectivity index (χ1) is 17.0. The van der Waals surface area contributed by atoms with Crippen molar-refractivity contribution >= 4 is 17.4 Å². The Hall–Kier alpha value is -3.33. The molecule has 2 aromatic heterocycles. The average Bonchev–Trinajstić information content (AvgIpc) is 3.33. The molecule has 0 atom stereocenters. The van der Waals surface area contributed by atoms with Crippen molar-refractivity contribution in [2.45, 2.75) is 53.0 Å². The summed E-state index contributed by atoms with van der Waals surface area (Å²) >= 11 is 0. The van der Waals surface area contributed by atoms with E-state index in [-0.39, 0.29) is 11.5 Å². The summed E-state index contributed by atoms with van der Waals surface area (Å²) in [6.07, 6.45) is 9.48. The van der Waals surface area contributed by atoms with Crippen LogP contribution < -0.4 is 10.1 Å². The van der Waals surface area contributed by atoms with Crippen molar-refractivity contribution in [3.8, 4) is 5.75 Å². The van der Waals surface area contributed by atoms with Crippen LogP contribution in [0.1, 0.15) is 55.1 Å². The van der Waals surface area contributed by atoms with Gasteiger partial charge in [-0.1, -0.05) is 20.8 Å². The first-order valence-corrected chi connectivity index (χ1v) is 12.2. The summed E-state index contributed by atoms with van der Waals surface area (Å²) in [5.74, 6) is 0.0764. The lowest BCUT2D eigenvalue weighted by Gasteiger charge is -2.17. The zero-order valence-corrected chi connectivity index (χ0v) is 21.1. The Morgan fingerprint density at radius 1 is 1.11 bits per heavy atom. The van der Waals surface area contributed by atoms with Gasteiger partial charge in [0.25, 0.3) is 0 Å². The number of halogens is 1. The number of anilines is 2. The first-order valence-electron chi connectivity index (χ1n) is 12.2. The maximum atomic E-state index is 14.7. The lowest BCUT2D eigenvalue weighted by atomic mass is 10.00. The number of Topliss-reactive ketones (excluding diaryl/α,β-unsaturated/α-hetero) is 1. The van der Waals surface area contributed by atoms with Gasteiger partial charge in [0.15, 0.2) is 17.3 Å². The van der Waals surface area contributed by atoms with E-state index in [9.17, 15) is 9.18 Å². The normalized spacial score (nSPS) is 11.1. The summed E-state index contributed by atoms with van der Waals surface area (Å²) in [7, 11) is 1.40. The highest BCUT2D eigenvalue weighted by Gasteiger charge is 2.15. The number of nitrogens with zero attached hydrogens (tertiary/aromatic N) is 5. The number of methoxy groups -OCH3 is 1. The molecule has 0 aliphatic carbocycles. The average molecular weight is 483 g/mol. The Kier molecular flexibility index (Phi) is 9.72. The highest BCUT2D eigenvalue weighted by molar-refractivity contribution is 5.96. The number of nitrogens with one attached hydrogen (secondary N) is 1. The molecule has 1 N–H and O–H groups in total. The molecule has 0 unspecified atom stereocenters. The molecule has 2 heterocycles. The van der Waals surface area contributed by atoms with Crippen LogP contribution in [0, 0.1) is 5.82 Å². The Morgan fingerprint density at radius 2 is 1.86 bits per heavy atom. The van der Waals surface area contributed by atoms with Crippen LogP contribution in [0.2, 0.25) is 0 Å². The van der Waals surface area contributed by atoms with Crippen molar-refractivity contribution < 1.29 is 13.9 Å². The van der Waals surface area contributed by atoms with Gasteiger partial charge in [-0.05, 0) is 62.2 Å². The van der Waals surface area contributed by atoms with Gasteiger partial charge in [0.05, 0.1) is 19.0 Å². The van der Waals surface area contributed by atoms with E-state index in [2.05, 4.69) is 39.1 Å². The molecule has 0 fully saturated rings. The van der Waals surface area contributed by atoms with Crippen LogP contribution in [0.25, 0.3) is 0 Å². The molecule has 0 aliphatic heterocycles. The van der Waals surface area contributed by atoms with Gasteiger partial charge in [-0.25, -0.2) is 14.4 Å². The van der Waals surface area contributed by atoms with E-state index in [4.69, 9.17) is 4.74 Å². The Balaban J connectivity index is 1.56. The second-order valence-electron chi connectivity index (χ2n) is 8.34. The van der Waals surface area contributed by atoms with E-state index in [0.717, 1.165) is 43.9 Å². The number of aryl methyl sites for hydroxylation is 3. The van der Waals surface area contributed by atoms with Crippen molar-refractivity contribution in [1.82, 2.24) is 24.6 Å². The number of ether oxygens (including phenoxy) is 1. The van der Waals surface area contributed by atoms with Crippen molar-refractivity contribution in [3.63, 3.8) is 0 Å². The predicted molar refractivity (Wildman–Crippen MR) is 135 cm³/mol. The molecule has 0 amide bonds. The Labute approximate surface area is 206 Å². The van der Waals surface area contributed by atoms with Crippen molar-refractivity contribution in [3.05, 3.63) is 59.4 Å². The molecular weight excluding hydrogens is 447 g/mol. The number of rotatable bonds is 14. The minimum atomic E-state index is -0.437. The smallest absolute Gasteiger partial charge is 0.227 e. The minimum absolute atomic E-state index is 0.0458. The number of hydrogen-bond donors (Lipinski definition) is 1. The molecule has 1 aromatic carbocycles. The molecule has 0 radical (unpaired) electrons. The standard InChI is InChI=1S/C26H35FN6O2/c1-5-23(34)21-13-20(25(27)24(14-21)35-4)10-9-19-15-28-26(29-16-19)31-22-17-30-33(18-22)12-8-11-32(6-2)7-3/h13-18H,5-12H2,1-4H3,(H,28,29,31). The van der Waals surface area contributed by atoms with E-state index in [1.54, 1.807) is 31.6 Å². The van der Waals surface area contributed by atoms with Gasteiger partial charge in [-0.3, -0.25) is 9.48 Å². The van der Waals surface area contributed by atoms with Gasteiger partial charge >= 0.3 is 0 Å². The molecule has 0 saturated heterocycles. The second-order valence-corrected chi connectivity index (χ2v) is 8.34. The summed E-state index contributed by atoms with van der Waals surface area (Å²) in [6, 6.07) is 3.07. The zero-order chi connectivity index (χ0) is 25.2. The summed E-state index contributed by atoms with van der Waals surface area (Å²) in [5.41, 5.74) is 2.60. The summed E-state index contributed by atoms with van der Waals surface area (Å²) < 4.78 is 21.7. The van der Waals surface area contributed by atoms with E-state index in [0.29, 0.717) is 36.3 Å². The highest BCUT2D eigenvalue weighted by atomic mass is 19.1. The maximum absolute atomic E-state index is 14.7. The topological polar surface area (TPSA) is 85.2 Å². The number of ketones is 1. The SMILES string of the molecule is CCC(=O)c1cc(CCc2cnc(Nc3cnn(CCCN(CC)CC)c3)nc2)c(F)c(OC)c1. The van der Waals surface area contributed by atoms with Crippen LogP contribution in [0.4, 0.5) is 16.0 Å². The molecule has 8 nitrogen and oxygen atoms in total. The van der Waals surface area contributed by atoms with Crippen LogP contribution in [0.3, 0.4) is 0 Å². The van der Waals surface area contributed by atoms with Crippen molar-refractivity contribution in [2.75, 3.05) is 32.1 Å². The molecule has 3 aromatic rings. The van der Waals surface area contributed by atoms with Gasteiger partial charge < -0.3 is 15.0 Å². The molecule has 0 aliphatic rings. The number of benzene rings is 1. The van der Waals surface area contributed by atoms with Gasteiger partial charge in [0, 0.05) is 37.1 Å². The monoisotopic (exact) mass is 482 g/mol. The summed E-state index contributed by atoms with van der Waals surface area (Å²) in [4.78, 5) is 23.3. The highest BCUT2D eigenvalue weighted by Crippen LogP contribution is 2.25. The minimum Gasteiger partial charge on any atom is -0.494 e. The summed E-state index contributed by atoms with van der Waals surface area (Å²) in [5, 5.41) is 7.57. The largest absolute Gasteiger partial charge is 0.494 e. The number of carbonyl (C=O) groups excluding carboxylic acids is 1. The number of carbonyl (C=O) groups is 1.